The molecule has 1 aliphatic heterocycles. The molecule has 1 atom stereocenters. The predicted molar refractivity (Wildman–Crippen MR) is 96.0 cm³/mol. The summed E-state index contributed by atoms with van der Waals surface area (Å²) < 4.78 is 0. The summed E-state index contributed by atoms with van der Waals surface area (Å²) in [6, 6.07) is 8.39. The molecule has 1 aliphatic rings. The summed E-state index contributed by atoms with van der Waals surface area (Å²) in [5.41, 5.74) is 4.54. The topological polar surface area (TPSA) is 78.1 Å². The fourth-order valence-electron chi connectivity index (χ4n) is 3.32. The van der Waals surface area contributed by atoms with Crippen molar-refractivity contribution < 1.29 is 9.59 Å². The Labute approximate surface area is 147 Å². The molecule has 2 N–H and O–H groups in total. The second-order valence-corrected chi connectivity index (χ2v) is 6.65. The van der Waals surface area contributed by atoms with Crippen LogP contribution in [0.15, 0.2) is 30.5 Å². The number of aromatic amines is 1. The highest BCUT2D eigenvalue weighted by Gasteiger charge is 2.27. The minimum absolute atomic E-state index is 0.0312. The number of nitrogens with one attached hydrogen (secondary N) is 2. The van der Waals surface area contributed by atoms with Crippen molar-refractivity contribution in [2.75, 3.05) is 19.6 Å². The van der Waals surface area contributed by atoms with E-state index >= 15 is 0 Å². The van der Waals surface area contributed by atoms with Crippen LogP contribution in [0.3, 0.4) is 0 Å². The van der Waals surface area contributed by atoms with Gasteiger partial charge in [-0.2, -0.15) is 5.10 Å². The van der Waals surface area contributed by atoms with Gasteiger partial charge in [-0.25, -0.2) is 0 Å². The molecule has 2 heterocycles. The van der Waals surface area contributed by atoms with Crippen molar-refractivity contribution in [2.24, 2.45) is 0 Å². The normalized spacial score (nSPS) is 17.4. The largest absolute Gasteiger partial charge is 0.347 e. The highest BCUT2D eigenvalue weighted by atomic mass is 16.2. The molecule has 132 valence electrons. The number of piperidine rings is 1. The van der Waals surface area contributed by atoms with Crippen molar-refractivity contribution in [3.8, 4) is 11.1 Å². The van der Waals surface area contributed by atoms with Crippen molar-refractivity contribution in [3.63, 3.8) is 0 Å². The average Bonchev–Trinajstić information content (AvgIpc) is 3.10. The first-order valence-corrected chi connectivity index (χ1v) is 8.67. The van der Waals surface area contributed by atoms with E-state index < -0.39 is 0 Å². The maximum atomic E-state index is 12.3. The van der Waals surface area contributed by atoms with E-state index in [-0.39, 0.29) is 24.3 Å². The third kappa shape index (κ3) is 4.07. The molecule has 0 radical (unpaired) electrons. The van der Waals surface area contributed by atoms with E-state index in [1.54, 1.807) is 0 Å². The molecular formula is C19H24N4O2. The second-order valence-electron chi connectivity index (χ2n) is 6.65. The number of aromatic nitrogens is 2. The lowest BCUT2D eigenvalue weighted by atomic mass is 9.90. The molecule has 6 nitrogen and oxygen atoms in total. The minimum Gasteiger partial charge on any atom is -0.347 e. The van der Waals surface area contributed by atoms with Crippen LogP contribution in [0.1, 0.15) is 36.9 Å². The van der Waals surface area contributed by atoms with E-state index in [1.165, 1.54) is 12.5 Å². The lowest BCUT2D eigenvalue weighted by Gasteiger charge is -2.32. The Bertz CT molecular complexity index is 751. The van der Waals surface area contributed by atoms with Gasteiger partial charge >= 0.3 is 0 Å². The molecule has 6 heteroatoms. The summed E-state index contributed by atoms with van der Waals surface area (Å²) in [5.74, 6) is 0.0160. The number of hydrogen-bond donors (Lipinski definition) is 2. The molecule has 3 rings (SSSR count). The highest BCUT2D eigenvalue weighted by Crippen LogP contribution is 2.33. The molecule has 1 aromatic carbocycles. The van der Waals surface area contributed by atoms with Crippen LogP contribution in [0.4, 0.5) is 0 Å². The number of carbonyl (C=O) groups excluding carboxylic acids is 2. The molecule has 0 saturated carbocycles. The van der Waals surface area contributed by atoms with E-state index in [0.29, 0.717) is 6.54 Å². The summed E-state index contributed by atoms with van der Waals surface area (Å²) in [5, 5.41) is 9.97. The lowest BCUT2D eigenvalue weighted by molar-refractivity contribution is -0.133. The monoisotopic (exact) mass is 340 g/mol. The van der Waals surface area contributed by atoms with Gasteiger partial charge in [-0.15, -0.1) is 0 Å². The molecule has 1 fully saturated rings. The average molecular weight is 340 g/mol. The van der Waals surface area contributed by atoms with Crippen LogP contribution in [0.2, 0.25) is 0 Å². The number of aryl methyl sites for hydroxylation is 1. The van der Waals surface area contributed by atoms with Gasteiger partial charge in [-0.05, 0) is 25.3 Å². The summed E-state index contributed by atoms with van der Waals surface area (Å²) in [7, 11) is 0. The van der Waals surface area contributed by atoms with E-state index in [4.69, 9.17) is 0 Å². The maximum absolute atomic E-state index is 12.3. The predicted octanol–water partition coefficient (Wildman–Crippen LogP) is 2.23. The second kappa shape index (κ2) is 7.51. The van der Waals surface area contributed by atoms with Crippen LogP contribution < -0.4 is 5.32 Å². The van der Waals surface area contributed by atoms with Gasteiger partial charge in [-0.3, -0.25) is 14.7 Å². The van der Waals surface area contributed by atoms with Crippen molar-refractivity contribution >= 4 is 11.8 Å². The summed E-state index contributed by atoms with van der Waals surface area (Å²) >= 11 is 0. The standard InChI is InChI=1S/C19H24N4O2/c1-13-5-7-15(8-6-13)17-10-21-22-19(17)16-4-3-9-23(12-16)18(25)11-20-14(2)24/h5-8,10,16H,3-4,9,11-12H2,1-2H3,(H,20,24)(H,21,22). The fraction of sp³-hybridized carbons (Fsp3) is 0.421. The van der Waals surface area contributed by atoms with Gasteiger partial charge in [0.2, 0.25) is 11.8 Å². The summed E-state index contributed by atoms with van der Waals surface area (Å²) in [6.45, 7) is 4.95. The molecule has 0 aliphatic carbocycles. The number of amides is 2. The zero-order valence-corrected chi connectivity index (χ0v) is 14.7. The lowest BCUT2D eigenvalue weighted by Crippen LogP contribution is -2.44. The zero-order chi connectivity index (χ0) is 17.8. The van der Waals surface area contributed by atoms with Crippen molar-refractivity contribution in [3.05, 3.63) is 41.7 Å². The Kier molecular flexibility index (Phi) is 5.16. The van der Waals surface area contributed by atoms with Gasteiger partial charge in [-0.1, -0.05) is 29.8 Å². The summed E-state index contributed by atoms with van der Waals surface area (Å²) in [4.78, 5) is 25.1. The quantitative estimate of drug-likeness (QED) is 0.896. The van der Waals surface area contributed by atoms with Gasteiger partial charge in [0.15, 0.2) is 0 Å². The molecule has 1 unspecified atom stereocenters. The number of rotatable bonds is 4. The molecular weight excluding hydrogens is 316 g/mol. The zero-order valence-electron chi connectivity index (χ0n) is 14.7. The number of H-pyrrole nitrogens is 1. The van der Waals surface area contributed by atoms with Gasteiger partial charge < -0.3 is 10.2 Å². The molecule has 0 spiro atoms. The number of hydrogen-bond acceptors (Lipinski definition) is 3. The van der Waals surface area contributed by atoms with E-state index in [0.717, 1.165) is 36.2 Å². The molecule has 25 heavy (non-hydrogen) atoms. The van der Waals surface area contributed by atoms with Crippen LogP contribution in [-0.2, 0) is 9.59 Å². The van der Waals surface area contributed by atoms with Crippen LogP contribution in [0.5, 0.6) is 0 Å². The highest BCUT2D eigenvalue weighted by molar-refractivity contribution is 5.83. The molecule has 1 saturated heterocycles. The Morgan fingerprint density at radius 2 is 2.08 bits per heavy atom. The molecule has 1 aromatic heterocycles. The SMILES string of the molecule is CC(=O)NCC(=O)N1CCCC(c2[nH]ncc2-c2ccc(C)cc2)C1. The molecule has 0 bridgehead atoms. The van der Waals surface area contributed by atoms with E-state index in [9.17, 15) is 9.59 Å². The van der Waals surface area contributed by atoms with Gasteiger partial charge in [0.05, 0.1) is 12.7 Å². The van der Waals surface area contributed by atoms with E-state index in [1.807, 2.05) is 11.1 Å². The molecule has 2 aromatic rings. The number of nitrogens with zero attached hydrogens (tertiary/aromatic N) is 2. The first-order valence-electron chi connectivity index (χ1n) is 8.67. The summed E-state index contributed by atoms with van der Waals surface area (Å²) in [6.07, 6.45) is 3.83. The van der Waals surface area contributed by atoms with Crippen molar-refractivity contribution in [1.29, 1.82) is 0 Å². The van der Waals surface area contributed by atoms with Crippen molar-refractivity contribution in [2.45, 2.75) is 32.6 Å². The first kappa shape index (κ1) is 17.2. The number of carbonyl (C=O) groups is 2. The number of benzene rings is 1. The maximum Gasteiger partial charge on any atom is 0.241 e. The number of likely N-dealkylation sites (tertiary alicyclic amines) is 1. The van der Waals surface area contributed by atoms with Crippen LogP contribution >= 0.6 is 0 Å². The van der Waals surface area contributed by atoms with Gasteiger partial charge in [0, 0.05) is 37.2 Å². The third-order valence-corrected chi connectivity index (χ3v) is 4.70. The van der Waals surface area contributed by atoms with E-state index in [2.05, 4.69) is 46.7 Å². The van der Waals surface area contributed by atoms with Crippen LogP contribution in [0.25, 0.3) is 11.1 Å². The minimum atomic E-state index is -0.183. The Morgan fingerprint density at radius 1 is 1.32 bits per heavy atom. The van der Waals surface area contributed by atoms with Crippen LogP contribution in [-0.4, -0.2) is 46.5 Å². The Balaban J connectivity index is 1.74. The smallest absolute Gasteiger partial charge is 0.241 e. The van der Waals surface area contributed by atoms with Gasteiger partial charge in [0.1, 0.15) is 0 Å². The van der Waals surface area contributed by atoms with Crippen molar-refractivity contribution in [1.82, 2.24) is 20.4 Å². The van der Waals surface area contributed by atoms with Gasteiger partial charge in [0.25, 0.3) is 0 Å². The Hall–Kier alpha value is -2.63. The fourth-order valence-corrected chi connectivity index (χ4v) is 3.32. The molecule has 2 amide bonds. The van der Waals surface area contributed by atoms with Crippen LogP contribution in [0, 0.1) is 6.92 Å². The first-order chi connectivity index (χ1) is 12.0. The Morgan fingerprint density at radius 3 is 2.80 bits per heavy atom. The third-order valence-electron chi connectivity index (χ3n) is 4.70.